The van der Waals surface area contributed by atoms with Crippen LogP contribution in [-0.4, -0.2) is 54.1 Å². The van der Waals surface area contributed by atoms with E-state index in [0.29, 0.717) is 12.0 Å². The van der Waals surface area contributed by atoms with Gasteiger partial charge in [-0.2, -0.15) is 0 Å². The molecule has 0 bridgehead atoms. The van der Waals surface area contributed by atoms with Crippen molar-refractivity contribution in [1.82, 2.24) is 15.1 Å². The summed E-state index contributed by atoms with van der Waals surface area (Å²) in [6.07, 6.45) is 5.48. The Morgan fingerprint density at radius 1 is 1.37 bits per heavy atom. The molecule has 2 aliphatic rings. The van der Waals surface area contributed by atoms with Crippen LogP contribution in [-0.2, 0) is 4.79 Å². The van der Waals surface area contributed by atoms with Crippen LogP contribution in [0.3, 0.4) is 0 Å². The summed E-state index contributed by atoms with van der Waals surface area (Å²) in [5.74, 6) is 0.951. The normalized spacial score (nSPS) is 29.2. The highest BCUT2D eigenvalue weighted by molar-refractivity contribution is 5.83. The van der Waals surface area contributed by atoms with Crippen molar-refractivity contribution in [3.63, 3.8) is 0 Å². The van der Waals surface area contributed by atoms with Gasteiger partial charge < -0.3 is 9.80 Å². The molecule has 1 heterocycles. The Balaban J connectivity index is 1.95. The van der Waals surface area contributed by atoms with Crippen molar-refractivity contribution in [3.8, 4) is 0 Å². The van der Waals surface area contributed by atoms with Crippen molar-refractivity contribution in [3.05, 3.63) is 0 Å². The molecule has 2 unspecified atom stereocenters. The van der Waals surface area contributed by atoms with E-state index in [1.807, 2.05) is 6.92 Å². The van der Waals surface area contributed by atoms with Gasteiger partial charge in [-0.25, -0.2) is 0 Å². The molecule has 2 atom stereocenters. The zero-order valence-corrected chi connectivity index (χ0v) is 12.9. The SMILES string of the molecule is CC1NC(C2CCCC2)N(CCN(C)C(C)C)C1=O. The molecule has 1 N–H and O–H groups in total. The number of hydrogen-bond acceptors (Lipinski definition) is 3. The predicted molar refractivity (Wildman–Crippen MR) is 77.8 cm³/mol. The quantitative estimate of drug-likeness (QED) is 0.823. The third-order valence-electron chi connectivity index (χ3n) is 4.83. The summed E-state index contributed by atoms with van der Waals surface area (Å²) >= 11 is 0. The average Bonchev–Trinajstić information content (AvgIpc) is 2.97. The highest BCUT2D eigenvalue weighted by Gasteiger charge is 2.40. The summed E-state index contributed by atoms with van der Waals surface area (Å²) in [6, 6.07) is 0.531. The molecule has 1 aliphatic heterocycles. The van der Waals surface area contributed by atoms with Crippen LogP contribution < -0.4 is 5.32 Å². The monoisotopic (exact) mass is 267 g/mol. The smallest absolute Gasteiger partial charge is 0.240 e. The minimum Gasteiger partial charge on any atom is -0.324 e. The summed E-state index contributed by atoms with van der Waals surface area (Å²) in [7, 11) is 2.13. The standard InChI is InChI=1S/C15H29N3O/c1-11(2)17(4)9-10-18-14(13-7-5-6-8-13)16-12(3)15(18)19/h11-14,16H,5-10H2,1-4H3. The number of carbonyl (C=O) groups is 1. The lowest BCUT2D eigenvalue weighted by Crippen LogP contribution is -2.46. The van der Waals surface area contributed by atoms with E-state index >= 15 is 0 Å². The van der Waals surface area contributed by atoms with Crippen LogP contribution >= 0.6 is 0 Å². The molecule has 0 aromatic rings. The molecule has 0 radical (unpaired) electrons. The number of nitrogens with zero attached hydrogens (tertiary/aromatic N) is 2. The molecule has 1 saturated carbocycles. The molecule has 4 nitrogen and oxygen atoms in total. The fourth-order valence-corrected chi connectivity index (χ4v) is 3.24. The highest BCUT2D eigenvalue weighted by Crippen LogP contribution is 2.31. The van der Waals surface area contributed by atoms with Gasteiger partial charge in [-0.05, 0) is 46.6 Å². The number of nitrogens with one attached hydrogen (secondary N) is 1. The molecule has 1 amide bonds. The lowest BCUT2D eigenvalue weighted by Gasteiger charge is -2.31. The third kappa shape index (κ3) is 3.29. The largest absolute Gasteiger partial charge is 0.324 e. The third-order valence-corrected chi connectivity index (χ3v) is 4.83. The van der Waals surface area contributed by atoms with Gasteiger partial charge in [0.15, 0.2) is 0 Å². The first kappa shape index (κ1) is 14.8. The van der Waals surface area contributed by atoms with E-state index < -0.39 is 0 Å². The van der Waals surface area contributed by atoms with Gasteiger partial charge in [0, 0.05) is 19.1 Å². The minimum atomic E-state index is -0.00467. The van der Waals surface area contributed by atoms with Crippen LogP contribution in [0.2, 0.25) is 0 Å². The van der Waals surface area contributed by atoms with Crippen LogP contribution in [0.1, 0.15) is 46.5 Å². The maximum atomic E-state index is 12.3. The predicted octanol–water partition coefficient (Wildman–Crippen LogP) is 1.66. The average molecular weight is 267 g/mol. The maximum Gasteiger partial charge on any atom is 0.240 e. The Hall–Kier alpha value is -0.610. The number of carbonyl (C=O) groups excluding carboxylic acids is 1. The molecule has 2 rings (SSSR count). The van der Waals surface area contributed by atoms with Crippen LogP contribution in [0.25, 0.3) is 0 Å². The van der Waals surface area contributed by atoms with E-state index in [1.54, 1.807) is 0 Å². The second kappa shape index (κ2) is 6.23. The summed E-state index contributed by atoms with van der Waals surface area (Å²) < 4.78 is 0. The molecule has 2 fully saturated rings. The molecule has 0 aromatic carbocycles. The molecule has 110 valence electrons. The molecular weight excluding hydrogens is 238 g/mol. The van der Waals surface area contributed by atoms with Gasteiger partial charge in [-0.3, -0.25) is 10.1 Å². The topological polar surface area (TPSA) is 35.6 Å². The highest BCUT2D eigenvalue weighted by atomic mass is 16.2. The second-order valence-electron chi connectivity index (χ2n) is 6.48. The van der Waals surface area contributed by atoms with Crippen LogP contribution in [0, 0.1) is 5.92 Å². The lowest BCUT2D eigenvalue weighted by atomic mass is 10.0. The zero-order valence-electron chi connectivity index (χ0n) is 12.9. The van der Waals surface area contributed by atoms with E-state index in [4.69, 9.17) is 0 Å². The fraction of sp³-hybridized carbons (Fsp3) is 0.933. The van der Waals surface area contributed by atoms with Crippen molar-refractivity contribution >= 4 is 5.91 Å². The molecule has 19 heavy (non-hydrogen) atoms. The van der Waals surface area contributed by atoms with Gasteiger partial charge in [0.25, 0.3) is 0 Å². The van der Waals surface area contributed by atoms with Crippen LogP contribution in [0.15, 0.2) is 0 Å². The van der Waals surface area contributed by atoms with Gasteiger partial charge in [-0.1, -0.05) is 12.8 Å². The van der Waals surface area contributed by atoms with E-state index in [-0.39, 0.29) is 18.1 Å². The Labute approximate surface area is 117 Å². The summed E-state index contributed by atoms with van der Waals surface area (Å²) in [6.45, 7) is 8.20. The first-order chi connectivity index (χ1) is 9.00. The van der Waals surface area contributed by atoms with Gasteiger partial charge in [0.05, 0.1) is 12.2 Å². The minimum absolute atomic E-state index is 0.00467. The molecule has 0 aromatic heterocycles. The number of likely N-dealkylation sites (N-methyl/N-ethyl adjacent to an activating group) is 1. The molecule has 1 saturated heterocycles. The van der Waals surface area contributed by atoms with E-state index in [2.05, 4.69) is 36.0 Å². The number of rotatable bonds is 5. The number of amides is 1. The van der Waals surface area contributed by atoms with Crippen molar-refractivity contribution in [2.24, 2.45) is 5.92 Å². The van der Waals surface area contributed by atoms with Gasteiger partial charge in [0.1, 0.15) is 0 Å². The van der Waals surface area contributed by atoms with Crippen molar-refractivity contribution < 1.29 is 4.79 Å². The summed E-state index contributed by atoms with van der Waals surface area (Å²) in [5, 5.41) is 3.51. The molecule has 0 spiro atoms. The van der Waals surface area contributed by atoms with Crippen LogP contribution in [0.5, 0.6) is 0 Å². The summed E-state index contributed by atoms with van der Waals surface area (Å²) in [5.41, 5.74) is 0. The molecule has 4 heteroatoms. The zero-order chi connectivity index (χ0) is 14.0. The van der Waals surface area contributed by atoms with E-state index in [1.165, 1.54) is 25.7 Å². The maximum absolute atomic E-state index is 12.3. The van der Waals surface area contributed by atoms with Gasteiger partial charge in [-0.15, -0.1) is 0 Å². The molecular formula is C15H29N3O. The second-order valence-corrected chi connectivity index (χ2v) is 6.48. The summed E-state index contributed by atoms with van der Waals surface area (Å²) in [4.78, 5) is 16.7. The first-order valence-electron chi connectivity index (χ1n) is 7.77. The van der Waals surface area contributed by atoms with Crippen LogP contribution in [0.4, 0.5) is 0 Å². The number of hydrogen-bond donors (Lipinski definition) is 1. The lowest BCUT2D eigenvalue weighted by molar-refractivity contribution is -0.130. The first-order valence-corrected chi connectivity index (χ1v) is 7.77. The van der Waals surface area contributed by atoms with Crippen molar-refractivity contribution in [1.29, 1.82) is 0 Å². The van der Waals surface area contributed by atoms with E-state index in [9.17, 15) is 4.79 Å². The Morgan fingerprint density at radius 2 is 2.00 bits per heavy atom. The Bertz CT molecular complexity index is 313. The Morgan fingerprint density at radius 3 is 2.58 bits per heavy atom. The van der Waals surface area contributed by atoms with E-state index in [0.717, 1.165) is 13.1 Å². The van der Waals surface area contributed by atoms with Gasteiger partial charge in [0.2, 0.25) is 5.91 Å². The van der Waals surface area contributed by atoms with Gasteiger partial charge >= 0.3 is 0 Å². The molecule has 1 aliphatic carbocycles. The fourth-order valence-electron chi connectivity index (χ4n) is 3.24. The Kier molecular flexibility index (Phi) is 4.85. The van der Waals surface area contributed by atoms with Crippen molar-refractivity contribution in [2.75, 3.05) is 20.1 Å². The van der Waals surface area contributed by atoms with Crippen molar-refractivity contribution in [2.45, 2.75) is 64.7 Å².